The van der Waals surface area contributed by atoms with Crippen LogP contribution in [0, 0.1) is 17.0 Å². The first kappa shape index (κ1) is 23.5. The van der Waals surface area contributed by atoms with Gasteiger partial charge in [-0.25, -0.2) is 23.7 Å². The zero-order valence-corrected chi connectivity index (χ0v) is 21.8. The lowest BCUT2D eigenvalue weighted by Gasteiger charge is -2.37. The van der Waals surface area contributed by atoms with Crippen LogP contribution in [0.1, 0.15) is 61.3 Å². The van der Waals surface area contributed by atoms with Crippen molar-refractivity contribution in [2.24, 2.45) is 5.41 Å². The molecule has 0 radical (unpaired) electrons. The fraction of sp³-hybridized carbons (Fsp3) is 0.370. The van der Waals surface area contributed by atoms with Gasteiger partial charge < -0.3 is 0 Å². The molecule has 38 heavy (non-hydrogen) atoms. The average Bonchev–Trinajstić information content (AvgIpc) is 3.51. The Morgan fingerprint density at radius 2 is 1.87 bits per heavy atom. The predicted molar refractivity (Wildman–Crippen MR) is 139 cm³/mol. The van der Waals surface area contributed by atoms with Crippen LogP contribution in [0.2, 0.25) is 0 Å². The van der Waals surface area contributed by atoms with Crippen molar-refractivity contribution in [2.45, 2.75) is 43.9 Å². The summed E-state index contributed by atoms with van der Waals surface area (Å²) in [7, 11) is -2.00. The molecule has 194 valence electrons. The van der Waals surface area contributed by atoms with Gasteiger partial charge in [-0.15, -0.1) is 10.2 Å². The summed E-state index contributed by atoms with van der Waals surface area (Å²) in [5, 5.41) is 13.5. The van der Waals surface area contributed by atoms with Gasteiger partial charge in [0, 0.05) is 23.6 Å². The Bertz CT molecular complexity index is 1700. The van der Waals surface area contributed by atoms with Crippen LogP contribution in [-0.2, 0) is 14.9 Å². The third-order valence-electron chi connectivity index (χ3n) is 8.77. The molecule has 0 amide bonds. The molecule has 3 aromatic heterocycles. The molecule has 0 unspecified atom stereocenters. The van der Waals surface area contributed by atoms with E-state index >= 15 is 0 Å². The standard InChI is InChI=1S/C27H25F2N7OS/c1-26(2)17-7-9-27(26,23-16(17)11-20(33-34-23)22-18(28)5-4-6-19(22)29)21-8-10-30-25(32-21)36-14-31-24(35-36)15-12-38(3,37)13-15/h4-6,8,10-11,14-15,17H,3,7,9,12-13H2,1-2H3/t15?,17-,27-,38?/m0/s1. The van der Waals surface area contributed by atoms with E-state index in [4.69, 9.17) is 4.98 Å². The summed E-state index contributed by atoms with van der Waals surface area (Å²) < 4.78 is 42.6. The zero-order chi connectivity index (χ0) is 26.4. The van der Waals surface area contributed by atoms with Gasteiger partial charge in [0.05, 0.1) is 28.1 Å². The van der Waals surface area contributed by atoms with Crippen molar-refractivity contribution in [1.29, 1.82) is 0 Å². The molecular weight excluding hydrogens is 508 g/mol. The van der Waals surface area contributed by atoms with Crippen molar-refractivity contribution in [3.05, 3.63) is 77.3 Å². The Balaban J connectivity index is 1.30. The summed E-state index contributed by atoms with van der Waals surface area (Å²) in [5.74, 6) is 4.57. The third kappa shape index (κ3) is 3.11. The van der Waals surface area contributed by atoms with Crippen molar-refractivity contribution in [2.75, 3.05) is 11.5 Å². The number of rotatable bonds is 4. The highest BCUT2D eigenvalue weighted by Crippen LogP contribution is 2.69. The van der Waals surface area contributed by atoms with E-state index in [1.165, 1.54) is 18.2 Å². The van der Waals surface area contributed by atoms with Gasteiger partial charge in [0.15, 0.2) is 5.82 Å². The summed E-state index contributed by atoms with van der Waals surface area (Å²) in [5.41, 5.74) is 1.77. The Labute approximate surface area is 218 Å². The maximum atomic E-state index is 14.5. The van der Waals surface area contributed by atoms with E-state index in [1.54, 1.807) is 23.3 Å². The zero-order valence-electron chi connectivity index (χ0n) is 20.9. The van der Waals surface area contributed by atoms with E-state index in [0.29, 0.717) is 23.3 Å². The maximum absolute atomic E-state index is 14.5. The minimum atomic E-state index is -2.00. The van der Waals surface area contributed by atoms with Crippen LogP contribution in [0.5, 0.6) is 0 Å². The van der Waals surface area contributed by atoms with Crippen molar-refractivity contribution in [3.8, 4) is 17.2 Å². The van der Waals surface area contributed by atoms with Gasteiger partial charge in [0.1, 0.15) is 18.0 Å². The van der Waals surface area contributed by atoms with Crippen LogP contribution in [0.4, 0.5) is 8.78 Å². The van der Waals surface area contributed by atoms with E-state index in [-0.39, 0.29) is 28.5 Å². The minimum absolute atomic E-state index is 0.0306. The van der Waals surface area contributed by atoms with E-state index in [0.717, 1.165) is 29.8 Å². The summed E-state index contributed by atoms with van der Waals surface area (Å²) in [6.45, 7) is 4.38. The van der Waals surface area contributed by atoms with Gasteiger partial charge >= 0.3 is 0 Å². The fourth-order valence-electron chi connectivity index (χ4n) is 6.85. The van der Waals surface area contributed by atoms with E-state index in [2.05, 4.69) is 45.0 Å². The molecule has 7 rings (SSSR count). The molecule has 3 aliphatic rings. The SMILES string of the molecule is C=S1(=O)CC(c2ncn(-c3nccc([C@@]45CC[C@@H](c6cc(-c7c(F)cccc7F)nnc64)C5(C)C)n3)n2)C1. The highest BCUT2D eigenvalue weighted by Gasteiger charge is 2.65. The lowest BCUT2D eigenvalue weighted by Crippen LogP contribution is -2.38. The number of hydrogen-bond donors (Lipinski definition) is 0. The Morgan fingerprint density at radius 1 is 1.11 bits per heavy atom. The van der Waals surface area contributed by atoms with Crippen LogP contribution in [0.15, 0.2) is 42.9 Å². The van der Waals surface area contributed by atoms with Crippen LogP contribution in [0.3, 0.4) is 0 Å². The lowest BCUT2D eigenvalue weighted by atomic mass is 9.66. The topological polar surface area (TPSA) is 99.3 Å². The van der Waals surface area contributed by atoms with E-state index < -0.39 is 26.6 Å². The first-order valence-corrected chi connectivity index (χ1v) is 14.6. The lowest BCUT2D eigenvalue weighted by molar-refractivity contribution is 0.242. The summed E-state index contributed by atoms with van der Waals surface area (Å²) in [6, 6.07) is 7.49. The van der Waals surface area contributed by atoms with Gasteiger partial charge in [-0.2, -0.15) is 9.78 Å². The van der Waals surface area contributed by atoms with Crippen LogP contribution < -0.4 is 0 Å². The van der Waals surface area contributed by atoms with E-state index in [1.807, 2.05) is 6.07 Å². The molecule has 0 spiro atoms. The second-order valence-corrected chi connectivity index (χ2v) is 13.7. The maximum Gasteiger partial charge on any atom is 0.252 e. The number of halogens is 2. The van der Waals surface area contributed by atoms with Crippen molar-refractivity contribution >= 4 is 15.4 Å². The van der Waals surface area contributed by atoms with Gasteiger partial charge in [-0.05, 0) is 69.4 Å². The minimum Gasteiger partial charge on any atom is -0.268 e. The largest absolute Gasteiger partial charge is 0.268 e. The Morgan fingerprint density at radius 3 is 2.61 bits per heavy atom. The van der Waals surface area contributed by atoms with Gasteiger partial charge in [0.25, 0.3) is 5.95 Å². The molecule has 1 aromatic carbocycles. The molecule has 2 fully saturated rings. The molecule has 1 aliphatic heterocycles. The number of benzene rings is 1. The fourth-order valence-corrected chi connectivity index (χ4v) is 8.51. The highest BCUT2D eigenvalue weighted by atomic mass is 32.2. The van der Waals surface area contributed by atoms with Crippen molar-refractivity contribution < 1.29 is 13.0 Å². The molecule has 8 nitrogen and oxygen atoms in total. The Hall–Kier alpha value is -3.60. The summed E-state index contributed by atoms with van der Waals surface area (Å²) in [6.07, 6.45) is 5.00. The van der Waals surface area contributed by atoms with Gasteiger partial charge in [-0.1, -0.05) is 19.9 Å². The molecule has 2 aliphatic carbocycles. The smallest absolute Gasteiger partial charge is 0.252 e. The second kappa shape index (κ2) is 7.72. The molecule has 4 aromatic rings. The first-order chi connectivity index (χ1) is 18.1. The normalized spacial score (nSPS) is 28.7. The third-order valence-corrected chi connectivity index (χ3v) is 10.8. The van der Waals surface area contributed by atoms with Crippen LogP contribution in [-0.4, -0.2) is 56.5 Å². The summed E-state index contributed by atoms with van der Waals surface area (Å²) in [4.78, 5) is 13.8. The number of fused-ring (bicyclic) bond motifs is 5. The average molecular weight is 534 g/mol. The number of aromatic nitrogens is 7. The first-order valence-electron chi connectivity index (χ1n) is 12.5. The van der Waals surface area contributed by atoms with Crippen molar-refractivity contribution in [1.82, 2.24) is 34.9 Å². The van der Waals surface area contributed by atoms with Crippen LogP contribution >= 0.6 is 0 Å². The quantitative estimate of drug-likeness (QED) is 0.368. The van der Waals surface area contributed by atoms with E-state index in [9.17, 15) is 13.0 Å². The summed E-state index contributed by atoms with van der Waals surface area (Å²) >= 11 is 0. The molecule has 0 N–H and O–H groups in total. The van der Waals surface area contributed by atoms with Gasteiger partial charge in [-0.3, -0.25) is 4.21 Å². The van der Waals surface area contributed by atoms with Crippen LogP contribution in [0.25, 0.3) is 17.2 Å². The molecule has 2 bridgehead atoms. The molecule has 11 heteroatoms. The molecule has 1 saturated carbocycles. The molecule has 2 atom stereocenters. The van der Waals surface area contributed by atoms with Gasteiger partial charge in [0.2, 0.25) is 0 Å². The molecular formula is C27H25F2N7OS. The Kier molecular flexibility index (Phi) is 4.78. The second-order valence-electron chi connectivity index (χ2n) is 11.1. The monoisotopic (exact) mass is 533 g/mol. The molecule has 4 heterocycles. The highest BCUT2D eigenvalue weighted by molar-refractivity contribution is 8.01. The van der Waals surface area contributed by atoms with Crippen molar-refractivity contribution in [3.63, 3.8) is 0 Å². The molecule has 1 saturated heterocycles. The number of hydrogen-bond acceptors (Lipinski definition) is 7. The number of nitrogens with zero attached hydrogens (tertiary/aromatic N) is 7. The predicted octanol–water partition coefficient (Wildman–Crippen LogP) is 3.81.